The molecule has 0 radical (unpaired) electrons. The normalized spacial score (nSPS) is 13.4. The molecule has 0 aromatic heterocycles. The van der Waals surface area contributed by atoms with E-state index in [4.69, 9.17) is 9.47 Å². The molecule has 0 heterocycles. The first kappa shape index (κ1) is 33.6. The Morgan fingerprint density at radius 2 is 1.64 bits per heavy atom. The SMILES string of the molecule is C=CC[C@@H](CC(=O)N(CCO)Cc1ccccc1)C(=O)N[C@@H](C)COC(=O)[C@@H](CC=C)CC(=O)OC(C)(C)C. The summed E-state index contributed by atoms with van der Waals surface area (Å²) in [5, 5.41) is 12.2. The number of amides is 2. The van der Waals surface area contributed by atoms with E-state index < -0.39 is 35.4 Å². The summed E-state index contributed by atoms with van der Waals surface area (Å²) in [6.07, 6.45) is 3.44. The number of hydrogen-bond acceptors (Lipinski definition) is 7. The third-order valence-electron chi connectivity index (χ3n) is 5.66. The van der Waals surface area contributed by atoms with Crippen LogP contribution in [0.25, 0.3) is 0 Å². The second-order valence-corrected chi connectivity index (χ2v) is 10.5. The number of aliphatic hydroxyl groups excluding tert-OH is 1. The van der Waals surface area contributed by atoms with E-state index in [0.717, 1.165) is 5.56 Å². The van der Waals surface area contributed by atoms with Gasteiger partial charge in [-0.15, -0.1) is 13.2 Å². The number of esters is 2. The van der Waals surface area contributed by atoms with Crippen LogP contribution in [0.2, 0.25) is 0 Å². The molecule has 0 aliphatic rings. The second-order valence-electron chi connectivity index (χ2n) is 10.5. The van der Waals surface area contributed by atoms with Crippen molar-refractivity contribution in [1.29, 1.82) is 0 Å². The number of benzene rings is 1. The largest absolute Gasteiger partial charge is 0.463 e. The second kappa shape index (κ2) is 17.2. The van der Waals surface area contributed by atoms with Crippen LogP contribution in [0.1, 0.15) is 58.9 Å². The zero-order chi connectivity index (χ0) is 29.4. The molecular weight excluding hydrogens is 500 g/mol. The fourth-order valence-electron chi connectivity index (χ4n) is 3.82. The van der Waals surface area contributed by atoms with Crippen LogP contribution in [0.3, 0.4) is 0 Å². The highest BCUT2D eigenvalue weighted by Crippen LogP contribution is 2.17. The summed E-state index contributed by atoms with van der Waals surface area (Å²) >= 11 is 0. The fraction of sp³-hybridized carbons (Fsp3) is 0.533. The van der Waals surface area contributed by atoms with Gasteiger partial charge in [-0.1, -0.05) is 42.5 Å². The standard InChI is InChI=1S/C30H44N2O7/c1-7-12-24(18-26(34)32(16-17-33)20-23-14-10-9-11-15-23)28(36)31-22(3)21-38-29(37)25(13-8-2)19-27(35)39-30(4,5)6/h7-11,14-15,22,24-25,33H,1-2,12-13,16-21H2,3-6H3,(H,31,36)/t22-,24-,25-/m0/s1. The van der Waals surface area contributed by atoms with E-state index in [1.807, 2.05) is 30.3 Å². The number of ether oxygens (including phenoxy) is 2. The number of hydrogen-bond donors (Lipinski definition) is 2. The van der Waals surface area contributed by atoms with Crippen LogP contribution < -0.4 is 5.32 Å². The van der Waals surface area contributed by atoms with Crippen LogP contribution in [0.15, 0.2) is 55.6 Å². The van der Waals surface area contributed by atoms with Gasteiger partial charge in [-0.05, 0) is 46.1 Å². The molecule has 0 aliphatic heterocycles. The number of rotatable bonds is 17. The highest BCUT2D eigenvalue weighted by atomic mass is 16.6. The summed E-state index contributed by atoms with van der Waals surface area (Å²) in [5.41, 5.74) is 0.249. The Labute approximate surface area is 232 Å². The van der Waals surface area contributed by atoms with Crippen molar-refractivity contribution < 1.29 is 33.8 Å². The van der Waals surface area contributed by atoms with Crippen molar-refractivity contribution in [3.8, 4) is 0 Å². The molecule has 3 atom stereocenters. The van der Waals surface area contributed by atoms with Gasteiger partial charge >= 0.3 is 11.9 Å². The van der Waals surface area contributed by atoms with Gasteiger partial charge in [0.1, 0.15) is 12.2 Å². The molecule has 1 rings (SSSR count). The molecule has 0 bridgehead atoms. The van der Waals surface area contributed by atoms with E-state index >= 15 is 0 Å². The van der Waals surface area contributed by atoms with Gasteiger partial charge in [0.2, 0.25) is 11.8 Å². The molecule has 0 saturated carbocycles. The van der Waals surface area contributed by atoms with Crippen LogP contribution in [0.4, 0.5) is 0 Å². The van der Waals surface area contributed by atoms with Crippen molar-refractivity contribution in [2.45, 2.75) is 71.6 Å². The van der Waals surface area contributed by atoms with E-state index in [0.29, 0.717) is 6.54 Å². The summed E-state index contributed by atoms with van der Waals surface area (Å²) in [6.45, 7) is 14.4. The van der Waals surface area contributed by atoms with Crippen molar-refractivity contribution in [2.24, 2.45) is 11.8 Å². The number of carbonyl (C=O) groups excluding carboxylic acids is 4. The summed E-state index contributed by atoms with van der Waals surface area (Å²) in [5.74, 6) is -3.14. The summed E-state index contributed by atoms with van der Waals surface area (Å²) < 4.78 is 10.7. The molecule has 0 spiro atoms. The molecule has 9 nitrogen and oxygen atoms in total. The van der Waals surface area contributed by atoms with Crippen molar-refractivity contribution in [2.75, 3.05) is 19.8 Å². The predicted molar refractivity (Wildman–Crippen MR) is 149 cm³/mol. The number of aliphatic hydroxyl groups is 1. The average molecular weight is 545 g/mol. The van der Waals surface area contributed by atoms with Gasteiger partial charge in [-0.3, -0.25) is 19.2 Å². The molecular formula is C30H44N2O7. The minimum Gasteiger partial charge on any atom is -0.463 e. The molecule has 9 heteroatoms. The van der Waals surface area contributed by atoms with Gasteiger partial charge in [0.25, 0.3) is 0 Å². The van der Waals surface area contributed by atoms with E-state index in [-0.39, 0.29) is 57.3 Å². The Hall–Kier alpha value is -3.46. The maximum atomic E-state index is 13.0. The summed E-state index contributed by atoms with van der Waals surface area (Å²) in [6, 6.07) is 8.87. The number of nitrogens with one attached hydrogen (secondary N) is 1. The minimum absolute atomic E-state index is 0.0610. The van der Waals surface area contributed by atoms with Crippen molar-refractivity contribution >= 4 is 23.8 Å². The van der Waals surface area contributed by atoms with E-state index in [1.54, 1.807) is 33.8 Å². The van der Waals surface area contributed by atoms with E-state index in [9.17, 15) is 24.3 Å². The van der Waals surface area contributed by atoms with Gasteiger partial charge in [-0.25, -0.2) is 0 Å². The molecule has 2 amide bonds. The van der Waals surface area contributed by atoms with Crippen LogP contribution in [0.5, 0.6) is 0 Å². The number of carbonyl (C=O) groups is 4. The molecule has 2 N–H and O–H groups in total. The Bertz CT molecular complexity index is 956. The predicted octanol–water partition coefficient (Wildman–Crippen LogP) is 3.56. The number of nitrogens with zero attached hydrogens (tertiary/aromatic N) is 1. The Morgan fingerprint density at radius 3 is 2.21 bits per heavy atom. The van der Waals surface area contributed by atoms with Gasteiger partial charge < -0.3 is 24.8 Å². The van der Waals surface area contributed by atoms with Gasteiger partial charge in [0.05, 0.1) is 30.9 Å². The van der Waals surface area contributed by atoms with Gasteiger partial charge in [-0.2, -0.15) is 0 Å². The monoisotopic (exact) mass is 544 g/mol. The lowest BCUT2D eigenvalue weighted by Crippen LogP contribution is -2.42. The zero-order valence-electron chi connectivity index (χ0n) is 23.7. The molecule has 216 valence electrons. The Morgan fingerprint density at radius 1 is 1.03 bits per heavy atom. The maximum Gasteiger partial charge on any atom is 0.309 e. The van der Waals surface area contributed by atoms with Crippen LogP contribution in [0, 0.1) is 11.8 Å². The van der Waals surface area contributed by atoms with Gasteiger partial charge in [0, 0.05) is 19.5 Å². The van der Waals surface area contributed by atoms with Crippen LogP contribution in [-0.2, 0) is 35.2 Å². The first-order valence-corrected chi connectivity index (χ1v) is 13.2. The Kier molecular flexibility index (Phi) is 14.8. The zero-order valence-corrected chi connectivity index (χ0v) is 23.7. The molecule has 0 fully saturated rings. The van der Waals surface area contributed by atoms with Crippen molar-refractivity contribution in [3.05, 3.63) is 61.2 Å². The molecule has 0 aliphatic carbocycles. The maximum absolute atomic E-state index is 13.0. The highest BCUT2D eigenvalue weighted by molar-refractivity contribution is 5.86. The highest BCUT2D eigenvalue weighted by Gasteiger charge is 2.28. The van der Waals surface area contributed by atoms with Crippen molar-refractivity contribution in [1.82, 2.24) is 10.2 Å². The van der Waals surface area contributed by atoms with E-state index in [2.05, 4.69) is 18.5 Å². The Balaban J connectivity index is 2.71. The summed E-state index contributed by atoms with van der Waals surface area (Å²) in [4.78, 5) is 52.3. The quantitative estimate of drug-likeness (QED) is 0.227. The van der Waals surface area contributed by atoms with Gasteiger partial charge in [0.15, 0.2) is 0 Å². The third-order valence-corrected chi connectivity index (χ3v) is 5.66. The fourth-order valence-corrected chi connectivity index (χ4v) is 3.82. The minimum atomic E-state index is -0.742. The van der Waals surface area contributed by atoms with Crippen molar-refractivity contribution in [3.63, 3.8) is 0 Å². The van der Waals surface area contributed by atoms with Crippen LogP contribution in [-0.4, -0.2) is 65.2 Å². The lowest BCUT2D eigenvalue weighted by atomic mass is 9.98. The summed E-state index contributed by atoms with van der Waals surface area (Å²) in [7, 11) is 0. The first-order valence-electron chi connectivity index (χ1n) is 13.2. The molecule has 39 heavy (non-hydrogen) atoms. The third kappa shape index (κ3) is 13.8. The molecule has 1 aromatic rings. The average Bonchev–Trinajstić information content (AvgIpc) is 2.86. The molecule has 0 saturated heterocycles. The lowest BCUT2D eigenvalue weighted by Gasteiger charge is -2.25. The van der Waals surface area contributed by atoms with Crippen LogP contribution >= 0.6 is 0 Å². The topological polar surface area (TPSA) is 122 Å². The van der Waals surface area contributed by atoms with E-state index in [1.165, 1.54) is 11.0 Å². The number of allylic oxidation sites excluding steroid dienone is 2. The molecule has 1 aromatic carbocycles. The molecule has 0 unspecified atom stereocenters. The first-order chi connectivity index (χ1) is 18.4. The smallest absolute Gasteiger partial charge is 0.309 e. The lowest BCUT2D eigenvalue weighted by molar-refractivity contribution is -0.161.